The molecule has 1 N–H and O–H groups in total. The van der Waals surface area contributed by atoms with Crippen molar-refractivity contribution in [2.75, 3.05) is 20.8 Å². The van der Waals surface area contributed by atoms with Gasteiger partial charge in [0, 0.05) is 21.2 Å². The van der Waals surface area contributed by atoms with Crippen molar-refractivity contribution in [3.63, 3.8) is 0 Å². The van der Waals surface area contributed by atoms with Crippen molar-refractivity contribution >= 4 is 51.3 Å². The Balaban J connectivity index is 1.69. The van der Waals surface area contributed by atoms with Crippen LogP contribution in [0.25, 0.3) is 0 Å². The van der Waals surface area contributed by atoms with Gasteiger partial charge in [0.25, 0.3) is 5.91 Å². The van der Waals surface area contributed by atoms with Crippen LogP contribution in [-0.4, -0.2) is 32.9 Å². The molecule has 36 heavy (non-hydrogen) atoms. The number of halogens is 3. The Bertz CT molecular complexity index is 1280. The van der Waals surface area contributed by atoms with Gasteiger partial charge in [0.1, 0.15) is 13.2 Å². The predicted molar refractivity (Wildman–Crippen MR) is 145 cm³/mol. The minimum absolute atomic E-state index is 0.218. The number of rotatable bonds is 11. The molecule has 0 saturated carbocycles. The van der Waals surface area contributed by atoms with E-state index in [4.69, 9.17) is 42.1 Å². The van der Waals surface area contributed by atoms with E-state index in [0.29, 0.717) is 55.2 Å². The summed E-state index contributed by atoms with van der Waals surface area (Å²) >= 11 is 15.7. The number of methoxy groups -OCH3 is 2. The average Bonchev–Trinajstić information content (AvgIpc) is 2.87. The third kappa shape index (κ3) is 7.16. The lowest BCUT2D eigenvalue weighted by Crippen LogP contribution is -2.17. The Morgan fingerprint density at radius 2 is 1.81 bits per heavy atom. The maximum atomic E-state index is 12.5. The van der Waals surface area contributed by atoms with E-state index in [1.807, 2.05) is 0 Å². The summed E-state index contributed by atoms with van der Waals surface area (Å²) in [4.78, 5) is 12.5. The molecule has 0 spiro atoms. The van der Waals surface area contributed by atoms with E-state index in [9.17, 15) is 4.79 Å². The highest BCUT2D eigenvalue weighted by molar-refractivity contribution is 9.10. The highest BCUT2D eigenvalue weighted by Crippen LogP contribution is 2.37. The van der Waals surface area contributed by atoms with Gasteiger partial charge in [0.2, 0.25) is 0 Å². The van der Waals surface area contributed by atoms with Gasteiger partial charge in [-0.05, 0) is 64.0 Å². The molecule has 0 heterocycles. The van der Waals surface area contributed by atoms with Crippen LogP contribution in [0.1, 0.15) is 21.5 Å². The van der Waals surface area contributed by atoms with Crippen molar-refractivity contribution in [3.8, 4) is 23.0 Å². The van der Waals surface area contributed by atoms with Crippen molar-refractivity contribution in [3.05, 3.63) is 92.4 Å². The lowest BCUT2D eigenvalue weighted by Gasteiger charge is -2.14. The zero-order chi connectivity index (χ0) is 26.1. The molecule has 0 aliphatic heterocycles. The van der Waals surface area contributed by atoms with Gasteiger partial charge < -0.3 is 18.9 Å². The topological polar surface area (TPSA) is 78.4 Å². The van der Waals surface area contributed by atoms with Gasteiger partial charge in [-0.2, -0.15) is 5.10 Å². The third-order valence-electron chi connectivity index (χ3n) is 4.80. The summed E-state index contributed by atoms with van der Waals surface area (Å²) in [6.45, 7) is 4.15. The van der Waals surface area contributed by atoms with Crippen LogP contribution in [0.15, 0.2) is 70.8 Å². The molecule has 0 bridgehead atoms. The zero-order valence-electron chi connectivity index (χ0n) is 19.5. The van der Waals surface area contributed by atoms with Crippen LogP contribution in [0.5, 0.6) is 23.0 Å². The first-order chi connectivity index (χ1) is 17.4. The van der Waals surface area contributed by atoms with Crippen LogP contribution in [0.3, 0.4) is 0 Å². The number of nitrogens with zero attached hydrogens (tertiary/aromatic N) is 1. The van der Waals surface area contributed by atoms with Gasteiger partial charge in [-0.1, -0.05) is 41.9 Å². The van der Waals surface area contributed by atoms with Crippen LogP contribution in [0.2, 0.25) is 10.0 Å². The summed E-state index contributed by atoms with van der Waals surface area (Å²) in [5, 5.41) is 5.10. The zero-order valence-corrected chi connectivity index (χ0v) is 22.6. The summed E-state index contributed by atoms with van der Waals surface area (Å²) in [6, 6.07) is 13.5. The van der Waals surface area contributed by atoms with Crippen LogP contribution in [-0.2, 0) is 6.61 Å². The second-order valence-corrected chi connectivity index (χ2v) is 8.92. The van der Waals surface area contributed by atoms with Crippen LogP contribution in [0.4, 0.5) is 0 Å². The molecular formula is C26H23BrCl2N2O5. The number of benzene rings is 3. The van der Waals surface area contributed by atoms with Crippen LogP contribution >= 0.6 is 39.1 Å². The number of nitrogens with one attached hydrogen (secondary N) is 1. The number of ether oxygens (including phenoxy) is 4. The predicted octanol–water partition coefficient (Wildman–Crippen LogP) is 6.68. The highest BCUT2D eigenvalue weighted by Gasteiger charge is 2.14. The largest absolute Gasteiger partial charge is 0.493 e. The van der Waals surface area contributed by atoms with E-state index >= 15 is 0 Å². The first-order valence-corrected chi connectivity index (χ1v) is 12.1. The Kier molecular flexibility index (Phi) is 10.0. The molecule has 7 nitrogen and oxygen atoms in total. The van der Waals surface area contributed by atoms with E-state index in [1.54, 1.807) is 54.6 Å². The Labute approximate surface area is 227 Å². The molecule has 3 rings (SSSR count). The molecule has 0 fully saturated rings. The van der Waals surface area contributed by atoms with E-state index in [-0.39, 0.29) is 6.61 Å². The molecule has 188 valence electrons. The molecule has 0 aliphatic carbocycles. The number of amides is 1. The van der Waals surface area contributed by atoms with E-state index in [2.05, 4.69) is 33.0 Å². The van der Waals surface area contributed by atoms with E-state index in [0.717, 1.165) is 5.56 Å². The SMILES string of the molecule is C=CCOc1ccc(C(=O)N/N=C/c2cc(Br)c(OCc3ccc(Cl)cc3Cl)c(OC)c2)cc1OC. The molecular weight excluding hydrogens is 571 g/mol. The van der Waals surface area contributed by atoms with E-state index in [1.165, 1.54) is 20.4 Å². The molecule has 1 amide bonds. The number of hydrogen-bond donors (Lipinski definition) is 1. The van der Waals surface area contributed by atoms with Crippen molar-refractivity contribution in [2.45, 2.75) is 6.61 Å². The van der Waals surface area contributed by atoms with Crippen LogP contribution < -0.4 is 24.4 Å². The Morgan fingerprint density at radius 1 is 1.03 bits per heavy atom. The van der Waals surface area contributed by atoms with Crippen molar-refractivity contribution in [1.29, 1.82) is 0 Å². The van der Waals surface area contributed by atoms with Crippen molar-refractivity contribution < 1.29 is 23.7 Å². The van der Waals surface area contributed by atoms with Crippen molar-refractivity contribution in [2.24, 2.45) is 5.10 Å². The van der Waals surface area contributed by atoms with Gasteiger partial charge in [0.05, 0.1) is 24.9 Å². The lowest BCUT2D eigenvalue weighted by atomic mass is 10.2. The smallest absolute Gasteiger partial charge is 0.271 e. The summed E-state index contributed by atoms with van der Waals surface area (Å²) in [5.74, 6) is 1.50. The fourth-order valence-electron chi connectivity index (χ4n) is 3.05. The molecule has 0 radical (unpaired) electrons. The quantitative estimate of drug-likeness (QED) is 0.152. The summed E-state index contributed by atoms with van der Waals surface area (Å²) in [7, 11) is 3.03. The molecule has 0 saturated heterocycles. The second kappa shape index (κ2) is 13.2. The third-order valence-corrected chi connectivity index (χ3v) is 5.98. The number of hydrazone groups is 1. The second-order valence-electron chi connectivity index (χ2n) is 7.22. The maximum Gasteiger partial charge on any atom is 0.271 e. The maximum absolute atomic E-state index is 12.5. The Hall–Kier alpha value is -3.20. The average molecular weight is 594 g/mol. The fourth-order valence-corrected chi connectivity index (χ4v) is 4.09. The number of hydrogen-bond acceptors (Lipinski definition) is 6. The van der Waals surface area contributed by atoms with Crippen molar-refractivity contribution in [1.82, 2.24) is 5.43 Å². The molecule has 0 aliphatic rings. The van der Waals surface area contributed by atoms with Gasteiger partial charge in [-0.15, -0.1) is 0 Å². The van der Waals surface area contributed by atoms with E-state index < -0.39 is 5.91 Å². The fraction of sp³-hybridized carbons (Fsp3) is 0.154. The van der Waals surface area contributed by atoms with Gasteiger partial charge in [-0.3, -0.25) is 4.79 Å². The summed E-state index contributed by atoms with van der Waals surface area (Å²) in [6.07, 6.45) is 3.11. The van der Waals surface area contributed by atoms with Gasteiger partial charge >= 0.3 is 0 Å². The highest BCUT2D eigenvalue weighted by atomic mass is 79.9. The van der Waals surface area contributed by atoms with Crippen LogP contribution in [0, 0.1) is 0 Å². The summed E-state index contributed by atoms with van der Waals surface area (Å²) in [5.41, 5.74) is 4.30. The first kappa shape index (κ1) is 27.4. The lowest BCUT2D eigenvalue weighted by molar-refractivity contribution is 0.0954. The van der Waals surface area contributed by atoms with Gasteiger partial charge in [-0.25, -0.2) is 5.43 Å². The molecule has 3 aromatic rings. The Morgan fingerprint density at radius 3 is 2.50 bits per heavy atom. The first-order valence-electron chi connectivity index (χ1n) is 10.6. The normalized spacial score (nSPS) is 10.7. The molecule has 0 unspecified atom stereocenters. The monoisotopic (exact) mass is 592 g/mol. The number of carbonyl (C=O) groups is 1. The molecule has 3 aromatic carbocycles. The number of carbonyl (C=O) groups excluding carboxylic acids is 1. The molecule has 10 heteroatoms. The molecule has 0 atom stereocenters. The van der Waals surface area contributed by atoms with Gasteiger partial charge in [0.15, 0.2) is 23.0 Å². The minimum atomic E-state index is -0.411. The summed E-state index contributed by atoms with van der Waals surface area (Å²) < 4.78 is 22.8. The minimum Gasteiger partial charge on any atom is -0.493 e. The standard InChI is InChI=1S/C26H23BrCl2N2O5/c1-4-9-35-22-8-6-17(12-23(22)33-2)26(32)31-30-14-16-10-20(27)25(24(11-16)34-3)36-15-18-5-7-19(28)13-21(18)29/h4-8,10-14H,1,9,15H2,2-3H3,(H,31,32)/b30-14+. The molecule has 0 aromatic heterocycles.